The van der Waals surface area contributed by atoms with Crippen molar-refractivity contribution in [2.75, 3.05) is 13.2 Å². The van der Waals surface area contributed by atoms with Crippen molar-refractivity contribution in [1.82, 2.24) is 0 Å². The van der Waals surface area contributed by atoms with Crippen LogP contribution < -0.4 is 0 Å². The lowest BCUT2D eigenvalue weighted by Crippen LogP contribution is -2.19. The van der Waals surface area contributed by atoms with Crippen molar-refractivity contribution >= 4 is 23.5 Å². The maximum atomic E-state index is 11.3. The van der Waals surface area contributed by atoms with Crippen LogP contribution in [-0.2, 0) is 19.1 Å². The van der Waals surface area contributed by atoms with Crippen molar-refractivity contribution in [2.45, 2.75) is 13.8 Å². The van der Waals surface area contributed by atoms with Gasteiger partial charge in [0.1, 0.15) is 0 Å². The fourth-order valence-corrected chi connectivity index (χ4v) is 0.941. The molecule has 4 nitrogen and oxygen atoms in total. The lowest BCUT2D eigenvalue weighted by molar-refractivity contribution is -0.146. The van der Waals surface area contributed by atoms with E-state index in [9.17, 15) is 9.59 Å². The topological polar surface area (TPSA) is 52.6 Å². The highest BCUT2D eigenvalue weighted by molar-refractivity contribution is 6.36. The van der Waals surface area contributed by atoms with Gasteiger partial charge in [-0.15, -0.1) is 0 Å². The second-order valence-corrected chi connectivity index (χ2v) is 2.78. The summed E-state index contributed by atoms with van der Waals surface area (Å²) in [6.07, 6.45) is 1.19. The Morgan fingerprint density at radius 1 is 1.20 bits per heavy atom. The first-order chi connectivity index (χ1) is 7.08. The summed E-state index contributed by atoms with van der Waals surface area (Å²) in [5, 5.41) is -0.0769. The van der Waals surface area contributed by atoms with Gasteiger partial charge in [0.25, 0.3) is 0 Å². The van der Waals surface area contributed by atoms with Crippen LogP contribution in [0, 0.1) is 0 Å². The molecule has 0 amide bonds. The molecule has 0 fully saturated rings. The number of halogens is 1. The van der Waals surface area contributed by atoms with Crippen molar-refractivity contribution < 1.29 is 19.1 Å². The summed E-state index contributed by atoms with van der Waals surface area (Å²) in [4.78, 5) is 22.7. The number of hydrogen-bond acceptors (Lipinski definition) is 4. The van der Waals surface area contributed by atoms with Crippen LogP contribution in [0.2, 0.25) is 0 Å². The van der Waals surface area contributed by atoms with E-state index in [1.807, 2.05) is 0 Å². The quantitative estimate of drug-likeness (QED) is 0.238. The molecule has 0 rings (SSSR count). The van der Waals surface area contributed by atoms with Crippen LogP contribution in [0.1, 0.15) is 13.8 Å². The number of carbonyl (C=O) groups is 2. The molecule has 5 heteroatoms. The van der Waals surface area contributed by atoms with Gasteiger partial charge in [0.15, 0.2) is 5.57 Å². The van der Waals surface area contributed by atoms with E-state index in [1.165, 1.54) is 6.08 Å². The van der Waals surface area contributed by atoms with Crippen LogP contribution in [0.3, 0.4) is 0 Å². The third kappa shape index (κ3) is 4.16. The van der Waals surface area contributed by atoms with Crippen molar-refractivity contribution in [2.24, 2.45) is 0 Å². The summed E-state index contributed by atoms with van der Waals surface area (Å²) in [5.74, 6) is -1.61. The SMILES string of the molecule is C=CC(Cl)=C(C(=O)OCC)C(=O)OCC. The average Bonchev–Trinajstić information content (AvgIpc) is 2.18. The molecule has 0 saturated carbocycles. The lowest BCUT2D eigenvalue weighted by atomic mass is 10.2. The molecule has 0 atom stereocenters. The van der Waals surface area contributed by atoms with E-state index >= 15 is 0 Å². The van der Waals surface area contributed by atoms with Crippen LogP contribution in [0.5, 0.6) is 0 Å². The zero-order valence-electron chi connectivity index (χ0n) is 8.71. The van der Waals surface area contributed by atoms with Gasteiger partial charge in [-0.2, -0.15) is 0 Å². The Kier molecular flexibility index (Phi) is 6.45. The van der Waals surface area contributed by atoms with Crippen molar-refractivity contribution in [3.8, 4) is 0 Å². The first-order valence-corrected chi connectivity index (χ1v) is 4.82. The Morgan fingerprint density at radius 3 is 1.87 bits per heavy atom. The largest absolute Gasteiger partial charge is 0.462 e. The molecule has 0 radical (unpaired) electrons. The van der Waals surface area contributed by atoms with E-state index in [0.717, 1.165) is 0 Å². The van der Waals surface area contributed by atoms with Gasteiger partial charge < -0.3 is 9.47 Å². The summed E-state index contributed by atoms with van der Waals surface area (Å²) < 4.78 is 9.33. The molecule has 15 heavy (non-hydrogen) atoms. The number of ether oxygens (including phenoxy) is 2. The monoisotopic (exact) mass is 232 g/mol. The van der Waals surface area contributed by atoms with Gasteiger partial charge in [-0.3, -0.25) is 0 Å². The molecule has 0 aromatic heterocycles. The zero-order chi connectivity index (χ0) is 11.8. The summed E-state index contributed by atoms with van der Waals surface area (Å²) in [7, 11) is 0. The number of esters is 2. The van der Waals surface area contributed by atoms with Crippen molar-refractivity contribution in [3.05, 3.63) is 23.3 Å². The van der Waals surface area contributed by atoms with Gasteiger partial charge in [-0.05, 0) is 19.9 Å². The van der Waals surface area contributed by atoms with Gasteiger partial charge in [-0.25, -0.2) is 9.59 Å². The van der Waals surface area contributed by atoms with E-state index in [4.69, 9.17) is 11.6 Å². The van der Waals surface area contributed by atoms with Gasteiger partial charge in [0.2, 0.25) is 0 Å². The molecule has 0 spiro atoms. The van der Waals surface area contributed by atoms with Crippen LogP contribution in [0.25, 0.3) is 0 Å². The van der Waals surface area contributed by atoms with Crippen molar-refractivity contribution in [3.63, 3.8) is 0 Å². The van der Waals surface area contributed by atoms with E-state index in [1.54, 1.807) is 13.8 Å². The van der Waals surface area contributed by atoms with Crippen molar-refractivity contribution in [1.29, 1.82) is 0 Å². The molecule has 0 aliphatic carbocycles. The Bertz CT molecular complexity index is 274. The highest BCUT2D eigenvalue weighted by atomic mass is 35.5. The van der Waals surface area contributed by atoms with Gasteiger partial charge in [0.05, 0.1) is 18.2 Å². The Labute approximate surface area is 93.5 Å². The Morgan fingerprint density at radius 2 is 1.60 bits per heavy atom. The average molecular weight is 233 g/mol. The predicted molar refractivity (Wildman–Crippen MR) is 56.3 cm³/mol. The standard InChI is InChI=1S/C10H13ClO4/c1-4-7(11)8(9(12)14-5-2)10(13)15-6-3/h4H,1,5-6H2,2-3H3. The van der Waals surface area contributed by atoms with Gasteiger partial charge >= 0.3 is 11.9 Å². The summed E-state index contributed by atoms with van der Waals surface area (Å²) >= 11 is 5.65. The molecular formula is C10H13ClO4. The normalized spacial score (nSPS) is 9.00. The van der Waals surface area contributed by atoms with Crippen LogP contribution in [0.15, 0.2) is 23.3 Å². The van der Waals surface area contributed by atoms with E-state index < -0.39 is 11.9 Å². The predicted octanol–water partition coefficient (Wildman–Crippen LogP) is 1.79. The number of rotatable bonds is 5. The van der Waals surface area contributed by atoms with E-state index in [0.29, 0.717) is 0 Å². The molecule has 0 saturated heterocycles. The molecule has 0 N–H and O–H groups in total. The lowest BCUT2D eigenvalue weighted by Gasteiger charge is -2.06. The van der Waals surface area contributed by atoms with Crippen LogP contribution in [0.4, 0.5) is 0 Å². The van der Waals surface area contributed by atoms with E-state index in [2.05, 4.69) is 16.1 Å². The molecule has 0 aliphatic heterocycles. The molecule has 84 valence electrons. The highest BCUT2D eigenvalue weighted by Gasteiger charge is 2.23. The molecule has 0 heterocycles. The maximum absolute atomic E-state index is 11.3. The second kappa shape index (κ2) is 7.06. The summed E-state index contributed by atoms with van der Waals surface area (Å²) in [5.41, 5.74) is -0.324. The second-order valence-electron chi connectivity index (χ2n) is 2.37. The smallest absolute Gasteiger partial charge is 0.347 e. The third-order valence-electron chi connectivity index (χ3n) is 1.38. The Balaban J connectivity index is 4.98. The zero-order valence-corrected chi connectivity index (χ0v) is 9.47. The first-order valence-electron chi connectivity index (χ1n) is 4.44. The number of carbonyl (C=O) groups excluding carboxylic acids is 2. The maximum Gasteiger partial charge on any atom is 0.347 e. The van der Waals surface area contributed by atoms with Gasteiger partial charge in [-0.1, -0.05) is 18.2 Å². The minimum atomic E-state index is -0.805. The number of hydrogen-bond donors (Lipinski definition) is 0. The van der Waals surface area contributed by atoms with Crippen LogP contribution >= 0.6 is 11.6 Å². The molecule has 0 unspecified atom stereocenters. The van der Waals surface area contributed by atoms with E-state index in [-0.39, 0.29) is 23.8 Å². The van der Waals surface area contributed by atoms with Crippen LogP contribution in [-0.4, -0.2) is 25.2 Å². The molecule has 0 aromatic rings. The minimum Gasteiger partial charge on any atom is -0.462 e. The number of allylic oxidation sites excluding steroid dienone is 2. The fraction of sp³-hybridized carbons (Fsp3) is 0.400. The fourth-order valence-electron chi connectivity index (χ4n) is 0.787. The summed E-state index contributed by atoms with van der Waals surface area (Å²) in [6.45, 7) is 6.93. The highest BCUT2D eigenvalue weighted by Crippen LogP contribution is 2.14. The molecule has 0 aromatic carbocycles. The molecule has 0 bridgehead atoms. The first kappa shape index (κ1) is 13.7. The summed E-state index contributed by atoms with van der Waals surface area (Å²) in [6, 6.07) is 0. The third-order valence-corrected chi connectivity index (χ3v) is 1.72. The van der Waals surface area contributed by atoms with Gasteiger partial charge in [0, 0.05) is 0 Å². The molecule has 0 aliphatic rings. The molecular weight excluding hydrogens is 220 g/mol. The minimum absolute atomic E-state index is 0.0769. The Hall–Kier alpha value is -1.29.